The van der Waals surface area contributed by atoms with Crippen LogP contribution in [-0.4, -0.2) is 54.4 Å². The molecule has 1 saturated heterocycles. The number of hydrogen-bond donors (Lipinski definition) is 0. The third-order valence-electron chi connectivity index (χ3n) is 4.18. The van der Waals surface area contributed by atoms with Crippen molar-refractivity contribution in [2.75, 3.05) is 18.8 Å². The van der Waals surface area contributed by atoms with Crippen LogP contribution in [0.5, 0.6) is 0 Å². The molecule has 0 N–H and O–H groups in total. The van der Waals surface area contributed by atoms with E-state index in [-0.39, 0.29) is 5.91 Å². The average Bonchev–Trinajstić information content (AvgIpc) is 3.10. The largest absolute Gasteiger partial charge is 0.342 e. The molecule has 25 heavy (non-hydrogen) atoms. The maximum atomic E-state index is 12.3. The third-order valence-corrected chi connectivity index (χ3v) is 5.09. The number of aromatic nitrogens is 5. The summed E-state index contributed by atoms with van der Waals surface area (Å²) in [6.45, 7) is 1.75. The number of carbonyl (C=O) groups is 1. The highest BCUT2D eigenvalue weighted by Gasteiger charge is 2.17. The van der Waals surface area contributed by atoms with Crippen LogP contribution in [0.25, 0.3) is 17.2 Å². The number of carbonyl (C=O) groups excluding carboxylic acids is 1. The van der Waals surface area contributed by atoms with Crippen molar-refractivity contribution in [2.45, 2.75) is 24.3 Å². The van der Waals surface area contributed by atoms with Gasteiger partial charge in [-0.05, 0) is 43.5 Å². The van der Waals surface area contributed by atoms with Crippen molar-refractivity contribution in [3.8, 4) is 11.5 Å². The summed E-state index contributed by atoms with van der Waals surface area (Å²) in [6, 6.07) is 9.37. The molecule has 0 unspecified atom stereocenters. The van der Waals surface area contributed by atoms with Crippen molar-refractivity contribution in [1.82, 2.24) is 29.7 Å². The van der Waals surface area contributed by atoms with Gasteiger partial charge < -0.3 is 4.90 Å². The molecule has 0 spiro atoms. The van der Waals surface area contributed by atoms with Crippen molar-refractivity contribution < 1.29 is 4.79 Å². The summed E-state index contributed by atoms with van der Waals surface area (Å²) in [5.74, 6) is 1.18. The molecule has 0 saturated carbocycles. The Morgan fingerprint density at radius 3 is 2.76 bits per heavy atom. The number of rotatable bonds is 4. The molecule has 0 aromatic carbocycles. The lowest BCUT2D eigenvalue weighted by molar-refractivity contribution is -0.129. The molecule has 0 atom stereocenters. The van der Waals surface area contributed by atoms with Gasteiger partial charge in [-0.3, -0.25) is 9.78 Å². The Labute approximate surface area is 149 Å². The van der Waals surface area contributed by atoms with Gasteiger partial charge in [-0.2, -0.15) is 9.61 Å². The molecule has 1 aliphatic heterocycles. The van der Waals surface area contributed by atoms with Crippen LogP contribution in [0.15, 0.2) is 41.6 Å². The van der Waals surface area contributed by atoms with Crippen LogP contribution >= 0.6 is 11.8 Å². The molecule has 7 nitrogen and oxygen atoms in total. The second-order valence-electron chi connectivity index (χ2n) is 5.91. The minimum atomic E-state index is 0.181. The highest BCUT2D eigenvalue weighted by atomic mass is 32.2. The molecule has 4 rings (SSSR count). The van der Waals surface area contributed by atoms with Gasteiger partial charge in [0.2, 0.25) is 11.7 Å². The number of thioether (sulfide) groups is 1. The smallest absolute Gasteiger partial charge is 0.232 e. The SMILES string of the molecule is O=C(CSc1ccc2nnc(-c3ccccn3)n2n1)N1CCCCC1. The van der Waals surface area contributed by atoms with E-state index in [4.69, 9.17) is 0 Å². The van der Waals surface area contributed by atoms with Gasteiger partial charge in [0.1, 0.15) is 10.7 Å². The van der Waals surface area contributed by atoms with Crippen LogP contribution in [0.1, 0.15) is 19.3 Å². The summed E-state index contributed by atoms with van der Waals surface area (Å²) in [7, 11) is 0. The van der Waals surface area contributed by atoms with Gasteiger partial charge in [0, 0.05) is 19.3 Å². The van der Waals surface area contributed by atoms with Gasteiger partial charge in [0.05, 0.1) is 5.75 Å². The summed E-state index contributed by atoms with van der Waals surface area (Å²) in [6.07, 6.45) is 5.15. The first kappa shape index (κ1) is 16.0. The molecule has 3 aromatic rings. The number of likely N-dealkylation sites (tertiary alicyclic amines) is 1. The lowest BCUT2D eigenvalue weighted by atomic mass is 10.1. The topological polar surface area (TPSA) is 76.3 Å². The lowest BCUT2D eigenvalue weighted by Gasteiger charge is -2.26. The monoisotopic (exact) mass is 354 g/mol. The molecule has 3 aromatic heterocycles. The number of amides is 1. The molecular formula is C17H18N6OS. The van der Waals surface area contributed by atoms with Crippen molar-refractivity contribution in [2.24, 2.45) is 0 Å². The zero-order valence-electron chi connectivity index (χ0n) is 13.7. The molecule has 0 bridgehead atoms. The summed E-state index contributed by atoms with van der Waals surface area (Å²) in [5.41, 5.74) is 1.38. The van der Waals surface area contributed by atoms with Crippen molar-refractivity contribution >= 4 is 23.3 Å². The maximum absolute atomic E-state index is 12.3. The van der Waals surface area contributed by atoms with Crippen LogP contribution in [0.3, 0.4) is 0 Å². The van der Waals surface area contributed by atoms with E-state index < -0.39 is 0 Å². The zero-order valence-corrected chi connectivity index (χ0v) is 14.5. The van der Waals surface area contributed by atoms with E-state index in [9.17, 15) is 4.79 Å². The van der Waals surface area contributed by atoms with E-state index in [1.54, 1.807) is 10.7 Å². The van der Waals surface area contributed by atoms with Crippen LogP contribution < -0.4 is 0 Å². The first-order valence-corrected chi connectivity index (χ1v) is 9.34. The summed E-state index contributed by atoms with van der Waals surface area (Å²) < 4.78 is 1.68. The zero-order chi connectivity index (χ0) is 17.1. The Bertz CT molecular complexity index is 875. The molecule has 0 aliphatic carbocycles. The van der Waals surface area contributed by atoms with Crippen molar-refractivity contribution in [1.29, 1.82) is 0 Å². The van der Waals surface area contributed by atoms with E-state index in [1.165, 1.54) is 18.2 Å². The van der Waals surface area contributed by atoms with Gasteiger partial charge in [-0.1, -0.05) is 17.8 Å². The Morgan fingerprint density at radius 1 is 1.08 bits per heavy atom. The molecule has 1 amide bonds. The average molecular weight is 354 g/mol. The first-order valence-electron chi connectivity index (χ1n) is 8.36. The fourth-order valence-electron chi connectivity index (χ4n) is 2.87. The predicted molar refractivity (Wildman–Crippen MR) is 95.2 cm³/mol. The molecule has 8 heteroatoms. The maximum Gasteiger partial charge on any atom is 0.232 e. The van der Waals surface area contributed by atoms with Crippen molar-refractivity contribution in [3.05, 3.63) is 36.5 Å². The number of nitrogens with zero attached hydrogens (tertiary/aromatic N) is 6. The Balaban J connectivity index is 1.52. The highest BCUT2D eigenvalue weighted by Crippen LogP contribution is 2.20. The summed E-state index contributed by atoms with van der Waals surface area (Å²) in [4.78, 5) is 18.6. The number of fused-ring (bicyclic) bond motifs is 1. The van der Waals surface area contributed by atoms with Gasteiger partial charge in [-0.25, -0.2) is 0 Å². The third kappa shape index (κ3) is 3.48. The minimum Gasteiger partial charge on any atom is -0.342 e. The Morgan fingerprint density at radius 2 is 1.96 bits per heavy atom. The van der Waals surface area contributed by atoms with E-state index in [1.807, 2.05) is 35.2 Å². The molecule has 0 radical (unpaired) electrons. The Hall–Kier alpha value is -2.48. The van der Waals surface area contributed by atoms with E-state index in [2.05, 4.69) is 20.3 Å². The lowest BCUT2D eigenvalue weighted by Crippen LogP contribution is -2.36. The van der Waals surface area contributed by atoms with Gasteiger partial charge in [0.25, 0.3) is 0 Å². The Kier molecular flexibility index (Phi) is 4.60. The summed E-state index contributed by atoms with van der Waals surface area (Å²) in [5, 5.41) is 13.7. The van der Waals surface area contributed by atoms with E-state index in [0.717, 1.165) is 31.0 Å². The number of piperidine rings is 1. The van der Waals surface area contributed by atoms with Crippen LogP contribution in [0.2, 0.25) is 0 Å². The fraction of sp³-hybridized carbons (Fsp3) is 0.353. The second kappa shape index (κ2) is 7.18. The molecule has 1 fully saturated rings. The molecular weight excluding hydrogens is 336 g/mol. The predicted octanol–water partition coefficient (Wildman–Crippen LogP) is 2.29. The summed E-state index contributed by atoms with van der Waals surface area (Å²) >= 11 is 1.45. The highest BCUT2D eigenvalue weighted by molar-refractivity contribution is 7.99. The molecule has 1 aliphatic rings. The molecule has 4 heterocycles. The fourth-order valence-corrected chi connectivity index (χ4v) is 3.63. The first-order chi connectivity index (χ1) is 12.3. The van der Waals surface area contributed by atoms with Crippen LogP contribution in [-0.2, 0) is 4.79 Å². The van der Waals surface area contributed by atoms with Gasteiger partial charge >= 0.3 is 0 Å². The van der Waals surface area contributed by atoms with Gasteiger partial charge in [0.15, 0.2) is 5.65 Å². The van der Waals surface area contributed by atoms with E-state index in [0.29, 0.717) is 22.9 Å². The number of pyridine rings is 1. The second-order valence-corrected chi connectivity index (χ2v) is 6.91. The number of hydrogen-bond acceptors (Lipinski definition) is 6. The minimum absolute atomic E-state index is 0.181. The molecule has 128 valence electrons. The normalized spacial score (nSPS) is 14.8. The van der Waals surface area contributed by atoms with Crippen molar-refractivity contribution in [3.63, 3.8) is 0 Å². The standard InChI is InChI=1S/C17H18N6OS/c24-16(22-10-4-1-5-11-22)12-25-15-8-7-14-19-20-17(23(14)21-15)13-6-2-3-9-18-13/h2-3,6-9H,1,4-5,10-12H2. The van der Waals surface area contributed by atoms with Crippen LogP contribution in [0.4, 0.5) is 0 Å². The quantitative estimate of drug-likeness (QED) is 0.669. The van der Waals surface area contributed by atoms with Gasteiger partial charge in [-0.15, -0.1) is 10.2 Å². The van der Waals surface area contributed by atoms with E-state index >= 15 is 0 Å². The van der Waals surface area contributed by atoms with Crippen LogP contribution in [0, 0.1) is 0 Å².